The molecule has 2 heterocycles. The van der Waals surface area contributed by atoms with Gasteiger partial charge < -0.3 is 14.2 Å². The summed E-state index contributed by atoms with van der Waals surface area (Å²) in [5.41, 5.74) is 2.67. The summed E-state index contributed by atoms with van der Waals surface area (Å²) < 4.78 is 6.69. The van der Waals surface area contributed by atoms with E-state index in [1.165, 1.54) is 0 Å². The molecule has 1 fully saturated rings. The van der Waals surface area contributed by atoms with E-state index in [4.69, 9.17) is 4.74 Å². The summed E-state index contributed by atoms with van der Waals surface area (Å²) in [6.07, 6.45) is 5.48. The van der Waals surface area contributed by atoms with Crippen LogP contribution in [0.5, 0.6) is 0 Å². The van der Waals surface area contributed by atoms with Gasteiger partial charge in [-0.1, -0.05) is 6.92 Å². The summed E-state index contributed by atoms with van der Waals surface area (Å²) in [6, 6.07) is 8.06. The predicted octanol–water partition coefficient (Wildman–Crippen LogP) is 3.16. The Bertz CT molecular complexity index is 798. The molecule has 6 nitrogen and oxygen atoms in total. The van der Waals surface area contributed by atoms with Crippen LogP contribution < -0.4 is 4.90 Å². The molecule has 0 saturated carbocycles. The number of rotatable bonds is 4. The third-order valence-corrected chi connectivity index (χ3v) is 4.59. The zero-order valence-electron chi connectivity index (χ0n) is 14.6. The van der Waals surface area contributed by atoms with Gasteiger partial charge in [-0.05, 0) is 43.9 Å². The maximum absolute atomic E-state index is 11.7. The first-order valence-electron chi connectivity index (χ1n) is 8.63. The van der Waals surface area contributed by atoms with E-state index in [9.17, 15) is 10.1 Å². The van der Waals surface area contributed by atoms with Crippen LogP contribution in [0.4, 0.5) is 5.69 Å². The van der Waals surface area contributed by atoms with E-state index in [0.29, 0.717) is 12.2 Å². The quantitative estimate of drug-likeness (QED) is 0.801. The van der Waals surface area contributed by atoms with Crippen LogP contribution in [0.15, 0.2) is 30.7 Å². The summed E-state index contributed by atoms with van der Waals surface area (Å²) >= 11 is 0. The van der Waals surface area contributed by atoms with Gasteiger partial charge in [0.25, 0.3) is 0 Å². The smallest absolute Gasteiger partial charge is 0.358 e. The fourth-order valence-corrected chi connectivity index (χ4v) is 3.07. The number of nitriles is 1. The van der Waals surface area contributed by atoms with Crippen LogP contribution in [0, 0.1) is 17.2 Å². The minimum atomic E-state index is -0.444. The van der Waals surface area contributed by atoms with E-state index in [2.05, 4.69) is 22.9 Å². The van der Waals surface area contributed by atoms with E-state index in [1.54, 1.807) is 24.0 Å². The van der Waals surface area contributed by atoms with Gasteiger partial charge in [0.1, 0.15) is 12.4 Å². The fraction of sp³-hybridized carbons (Fsp3) is 0.421. The average molecular weight is 338 g/mol. The highest BCUT2D eigenvalue weighted by molar-refractivity contribution is 5.87. The number of hydrogen-bond donors (Lipinski definition) is 0. The Labute approximate surface area is 147 Å². The number of aromatic nitrogens is 2. The van der Waals surface area contributed by atoms with Crippen molar-refractivity contribution in [3.05, 3.63) is 42.0 Å². The van der Waals surface area contributed by atoms with E-state index in [-0.39, 0.29) is 5.69 Å². The van der Waals surface area contributed by atoms with Gasteiger partial charge in [-0.25, -0.2) is 9.78 Å². The molecule has 0 radical (unpaired) electrons. The molecule has 0 unspecified atom stereocenters. The second kappa shape index (κ2) is 7.39. The standard InChI is InChI=1S/C19H22N4O2/c1-3-25-19(24)17-12-23(13-21-17)16-4-5-18(15(10-16)11-20)22-8-6-14(2)7-9-22/h4-5,10,12-14H,3,6-9H2,1-2H3. The molecule has 1 aliphatic heterocycles. The largest absolute Gasteiger partial charge is 0.461 e. The molecule has 1 saturated heterocycles. The van der Waals surface area contributed by atoms with E-state index in [1.807, 2.05) is 18.2 Å². The maximum Gasteiger partial charge on any atom is 0.358 e. The highest BCUT2D eigenvalue weighted by atomic mass is 16.5. The number of carbonyl (C=O) groups excluding carboxylic acids is 1. The van der Waals surface area contributed by atoms with Gasteiger partial charge in [0, 0.05) is 25.0 Å². The molecule has 0 atom stereocenters. The van der Waals surface area contributed by atoms with Crippen molar-refractivity contribution in [3.8, 4) is 11.8 Å². The molecule has 1 aromatic carbocycles. The molecule has 0 N–H and O–H groups in total. The molecule has 0 aliphatic carbocycles. The summed E-state index contributed by atoms with van der Waals surface area (Å²) in [5.74, 6) is 0.300. The van der Waals surface area contributed by atoms with Gasteiger partial charge in [0.2, 0.25) is 0 Å². The van der Waals surface area contributed by atoms with Crippen molar-refractivity contribution < 1.29 is 9.53 Å². The summed E-state index contributed by atoms with van der Waals surface area (Å²) in [5, 5.41) is 9.56. The molecule has 0 spiro atoms. The van der Waals surface area contributed by atoms with Gasteiger partial charge in [-0.2, -0.15) is 5.26 Å². The van der Waals surface area contributed by atoms with Crippen LogP contribution in [-0.4, -0.2) is 35.2 Å². The average Bonchev–Trinajstić information content (AvgIpc) is 3.12. The van der Waals surface area contributed by atoms with Gasteiger partial charge in [0.05, 0.1) is 17.9 Å². The van der Waals surface area contributed by atoms with Crippen LogP contribution in [0.1, 0.15) is 42.7 Å². The van der Waals surface area contributed by atoms with E-state index in [0.717, 1.165) is 43.2 Å². The van der Waals surface area contributed by atoms with Crippen LogP contribution >= 0.6 is 0 Å². The Hall–Kier alpha value is -2.81. The molecule has 6 heteroatoms. The number of nitrogens with zero attached hydrogens (tertiary/aromatic N) is 4. The Morgan fingerprint density at radius 1 is 1.40 bits per heavy atom. The molecular formula is C19H22N4O2. The molecular weight excluding hydrogens is 316 g/mol. The van der Waals surface area contributed by atoms with Crippen molar-refractivity contribution in [3.63, 3.8) is 0 Å². The normalized spacial score (nSPS) is 15.0. The first-order valence-corrected chi connectivity index (χ1v) is 8.63. The highest BCUT2D eigenvalue weighted by Crippen LogP contribution is 2.27. The first-order chi connectivity index (χ1) is 12.1. The van der Waals surface area contributed by atoms with Crippen molar-refractivity contribution in [2.45, 2.75) is 26.7 Å². The molecule has 130 valence electrons. The molecule has 3 rings (SSSR count). The van der Waals surface area contributed by atoms with E-state index >= 15 is 0 Å². The minimum absolute atomic E-state index is 0.259. The summed E-state index contributed by atoms with van der Waals surface area (Å²) in [4.78, 5) is 18.1. The van der Waals surface area contributed by atoms with Crippen molar-refractivity contribution in [1.82, 2.24) is 9.55 Å². The number of hydrogen-bond acceptors (Lipinski definition) is 5. The van der Waals surface area contributed by atoms with E-state index < -0.39 is 5.97 Å². The van der Waals surface area contributed by atoms with Gasteiger partial charge in [-0.15, -0.1) is 0 Å². The van der Waals surface area contributed by atoms with Gasteiger partial charge in [0.15, 0.2) is 5.69 Å². The number of anilines is 1. The molecule has 1 aromatic heterocycles. The molecule has 2 aromatic rings. The topological polar surface area (TPSA) is 71.2 Å². The Balaban J connectivity index is 1.85. The zero-order valence-corrected chi connectivity index (χ0v) is 14.6. The number of piperidine rings is 1. The lowest BCUT2D eigenvalue weighted by Crippen LogP contribution is -2.33. The number of carbonyl (C=O) groups is 1. The second-order valence-electron chi connectivity index (χ2n) is 6.37. The lowest BCUT2D eigenvalue weighted by atomic mass is 9.98. The van der Waals surface area contributed by atoms with Gasteiger partial charge >= 0.3 is 5.97 Å². The van der Waals surface area contributed by atoms with Crippen molar-refractivity contribution in [2.24, 2.45) is 5.92 Å². The van der Waals surface area contributed by atoms with Crippen LogP contribution in [0.25, 0.3) is 5.69 Å². The van der Waals surface area contributed by atoms with Crippen LogP contribution in [0.2, 0.25) is 0 Å². The fourth-order valence-electron chi connectivity index (χ4n) is 3.07. The number of ether oxygens (including phenoxy) is 1. The van der Waals surface area contributed by atoms with Crippen molar-refractivity contribution in [1.29, 1.82) is 5.26 Å². The van der Waals surface area contributed by atoms with Crippen LogP contribution in [-0.2, 0) is 4.74 Å². The maximum atomic E-state index is 11.7. The third kappa shape index (κ3) is 3.66. The molecule has 25 heavy (non-hydrogen) atoms. The number of imidazole rings is 1. The van der Waals surface area contributed by atoms with Crippen molar-refractivity contribution >= 4 is 11.7 Å². The summed E-state index contributed by atoms with van der Waals surface area (Å²) in [6.45, 7) is 6.30. The number of benzene rings is 1. The monoisotopic (exact) mass is 338 g/mol. The third-order valence-electron chi connectivity index (χ3n) is 4.59. The Morgan fingerprint density at radius 2 is 2.16 bits per heavy atom. The molecule has 0 amide bonds. The SMILES string of the molecule is CCOC(=O)c1cn(-c2ccc(N3CCC(C)CC3)c(C#N)c2)cn1. The number of esters is 1. The van der Waals surface area contributed by atoms with Crippen molar-refractivity contribution in [2.75, 3.05) is 24.6 Å². The van der Waals surface area contributed by atoms with Crippen LogP contribution in [0.3, 0.4) is 0 Å². The zero-order chi connectivity index (χ0) is 17.8. The Morgan fingerprint density at radius 3 is 2.84 bits per heavy atom. The minimum Gasteiger partial charge on any atom is -0.461 e. The first kappa shape index (κ1) is 17.0. The van der Waals surface area contributed by atoms with Gasteiger partial charge in [-0.3, -0.25) is 0 Å². The second-order valence-corrected chi connectivity index (χ2v) is 6.37. The molecule has 1 aliphatic rings. The molecule has 0 bridgehead atoms. The Kier molecular flexibility index (Phi) is 5.03. The highest BCUT2D eigenvalue weighted by Gasteiger charge is 2.19. The summed E-state index contributed by atoms with van der Waals surface area (Å²) in [7, 11) is 0. The lowest BCUT2D eigenvalue weighted by molar-refractivity contribution is 0.0520. The lowest BCUT2D eigenvalue weighted by Gasteiger charge is -2.32. The predicted molar refractivity (Wildman–Crippen MR) is 94.8 cm³/mol.